The number of halogens is 3. The SMILES string of the molecule is FC(F)(F)c1ccc2c(c1)OC(OC1CCCCC1)CC2. The van der Waals surface area contributed by atoms with E-state index in [1.165, 1.54) is 12.5 Å². The van der Waals surface area contributed by atoms with Crippen molar-refractivity contribution in [1.82, 2.24) is 0 Å². The molecule has 0 bridgehead atoms. The van der Waals surface area contributed by atoms with Crippen molar-refractivity contribution in [2.75, 3.05) is 0 Å². The van der Waals surface area contributed by atoms with Gasteiger partial charge in [0.2, 0.25) is 0 Å². The molecule has 2 aliphatic rings. The highest BCUT2D eigenvalue weighted by molar-refractivity contribution is 5.40. The van der Waals surface area contributed by atoms with Crippen molar-refractivity contribution in [1.29, 1.82) is 0 Å². The largest absolute Gasteiger partial charge is 0.465 e. The van der Waals surface area contributed by atoms with Crippen LogP contribution in [0.5, 0.6) is 5.75 Å². The predicted molar refractivity (Wildman–Crippen MR) is 72.1 cm³/mol. The molecular weight excluding hydrogens is 281 g/mol. The van der Waals surface area contributed by atoms with Crippen LogP contribution in [0.25, 0.3) is 0 Å². The number of fused-ring (bicyclic) bond motifs is 1. The second kappa shape index (κ2) is 5.87. The molecule has 1 unspecified atom stereocenters. The zero-order valence-electron chi connectivity index (χ0n) is 11.8. The van der Waals surface area contributed by atoms with E-state index in [4.69, 9.17) is 9.47 Å². The predicted octanol–water partition coefficient (Wildman–Crippen LogP) is 4.71. The van der Waals surface area contributed by atoms with Gasteiger partial charge in [-0.1, -0.05) is 25.3 Å². The molecule has 0 spiro atoms. The third-order valence-corrected chi connectivity index (χ3v) is 4.20. The Kier molecular flexibility index (Phi) is 4.11. The van der Waals surface area contributed by atoms with Gasteiger partial charge in [0.1, 0.15) is 5.75 Å². The van der Waals surface area contributed by atoms with Gasteiger partial charge < -0.3 is 9.47 Å². The summed E-state index contributed by atoms with van der Waals surface area (Å²) in [6.45, 7) is 0. The molecule has 1 aliphatic heterocycles. The highest BCUT2D eigenvalue weighted by Crippen LogP contribution is 2.36. The Morgan fingerprint density at radius 2 is 1.81 bits per heavy atom. The van der Waals surface area contributed by atoms with Crippen molar-refractivity contribution < 1.29 is 22.6 Å². The summed E-state index contributed by atoms with van der Waals surface area (Å²) < 4.78 is 49.8. The summed E-state index contributed by atoms with van der Waals surface area (Å²) in [4.78, 5) is 0. The molecule has 116 valence electrons. The highest BCUT2D eigenvalue weighted by Gasteiger charge is 2.33. The molecule has 0 radical (unpaired) electrons. The zero-order chi connectivity index (χ0) is 14.9. The van der Waals surface area contributed by atoms with Crippen LogP contribution >= 0.6 is 0 Å². The standard InChI is InChI=1S/C16H19F3O2/c17-16(18,19)12-8-6-11-7-9-15(21-14(11)10-12)20-13-4-2-1-3-5-13/h6,8,10,13,15H,1-5,7,9H2. The van der Waals surface area contributed by atoms with Crippen LogP contribution in [0.1, 0.15) is 49.7 Å². The maximum atomic E-state index is 12.7. The molecule has 3 rings (SSSR count). The summed E-state index contributed by atoms with van der Waals surface area (Å²) in [5.74, 6) is 0.317. The fourth-order valence-electron chi connectivity index (χ4n) is 3.03. The second-order valence-electron chi connectivity index (χ2n) is 5.80. The molecule has 0 saturated heterocycles. The second-order valence-corrected chi connectivity index (χ2v) is 5.80. The van der Waals surface area contributed by atoms with E-state index in [1.54, 1.807) is 0 Å². The first-order chi connectivity index (χ1) is 10.0. The zero-order valence-corrected chi connectivity index (χ0v) is 11.8. The molecule has 1 aromatic carbocycles. The third-order valence-electron chi connectivity index (χ3n) is 4.20. The van der Waals surface area contributed by atoms with Crippen LogP contribution in [0.3, 0.4) is 0 Å². The van der Waals surface area contributed by atoms with E-state index in [-0.39, 0.29) is 6.10 Å². The van der Waals surface area contributed by atoms with Crippen molar-refractivity contribution in [3.8, 4) is 5.75 Å². The van der Waals surface area contributed by atoms with E-state index in [0.29, 0.717) is 18.6 Å². The van der Waals surface area contributed by atoms with Gasteiger partial charge in [0, 0.05) is 6.42 Å². The van der Waals surface area contributed by atoms with Crippen LogP contribution in [0.15, 0.2) is 18.2 Å². The van der Waals surface area contributed by atoms with Gasteiger partial charge in [-0.2, -0.15) is 13.2 Å². The highest BCUT2D eigenvalue weighted by atomic mass is 19.4. The fourth-order valence-corrected chi connectivity index (χ4v) is 3.03. The Morgan fingerprint density at radius 3 is 2.52 bits per heavy atom. The lowest BCUT2D eigenvalue weighted by atomic mass is 9.97. The fraction of sp³-hybridized carbons (Fsp3) is 0.625. The number of benzene rings is 1. The van der Waals surface area contributed by atoms with E-state index in [1.807, 2.05) is 0 Å². The topological polar surface area (TPSA) is 18.5 Å². The van der Waals surface area contributed by atoms with Gasteiger partial charge in [-0.15, -0.1) is 0 Å². The van der Waals surface area contributed by atoms with Crippen LogP contribution < -0.4 is 4.74 Å². The minimum Gasteiger partial charge on any atom is -0.465 e. The summed E-state index contributed by atoms with van der Waals surface area (Å²) in [7, 11) is 0. The molecule has 1 fully saturated rings. The van der Waals surface area contributed by atoms with Crippen LogP contribution in [0.2, 0.25) is 0 Å². The lowest BCUT2D eigenvalue weighted by molar-refractivity contribution is -0.142. The Labute approximate surface area is 122 Å². The van der Waals surface area contributed by atoms with Crippen LogP contribution in [-0.2, 0) is 17.3 Å². The maximum Gasteiger partial charge on any atom is 0.416 e. The summed E-state index contributed by atoms with van der Waals surface area (Å²) in [6, 6.07) is 3.71. The molecule has 1 saturated carbocycles. The van der Waals surface area contributed by atoms with Crippen molar-refractivity contribution in [2.45, 2.75) is 63.5 Å². The average Bonchev–Trinajstić information content (AvgIpc) is 2.46. The molecule has 5 heteroatoms. The molecule has 2 nitrogen and oxygen atoms in total. The lowest BCUT2D eigenvalue weighted by Crippen LogP contribution is -2.31. The van der Waals surface area contributed by atoms with Crippen LogP contribution in [0.4, 0.5) is 13.2 Å². The average molecular weight is 300 g/mol. The number of alkyl halides is 3. The smallest absolute Gasteiger partial charge is 0.416 e. The third kappa shape index (κ3) is 3.51. The molecule has 1 aromatic rings. The van der Waals surface area contributed by atoms with E-state index in [2.05, 4.69) is 0 Å². The summed E-state index contributed by atoms with van der Waals surface area (Å²) in [5, 5.41) is 0. The number of ether oxygens (including phenoxy) is 2. The van der Waals surface area contributed by atoms with Crippen LogP contribution in [-0.4, -0.2) is 12.4 Å². The number of aryl methyl sites for hydroxylation is 1. The summed E-state index contributed by atoms with van der Waals surface area (Å²) >= 11 is 0. The monoisotopic (exact) mass is 300 g/mol. The van der Waals surface area contributed by atoms with Gasteiger partial charge in [-0.25, -0.2) is 0 Å². The molecule has 0 N–H and O–H groups in total. The Morgan fingerprint density at radius 1 is 1.05 bits per heavy atom. The molecular formula is C16H19F3O2. The first-order valence-corrected chi connectivity index (χ1v) is 7.54. The Bertz CT molecular complexity index is 493. The number of rotatable bonds is 2. The van der Waals surface area contributed by atoms with Crippen molar-refractivity contribution >= 4 is 0 Å². The maximum absolute atomic E-state index is 12.7. The minimum absolute atomic E-state index is 0.191. The number of hydrogen-bond donors (Lipinski definition) is 0. The van der Waals surface area contributed by atoms with E-state index >= 15 is 0 Å². The van der Waals surface area contributed by atoms with Crippen molar-refractivity contribution in [3.05, 3.63) is 29.3 Å². The van der Waals surface area contributed by atoms with E-state index in [9.17, 15) is 13.2 Å². The quantitative estimate of drug-likeness (QED) is 0.787. The molecule has 0 aromatic heterocycles. The first kappa shape index (κ1) is 14.7. The Hall–Kier alpha value is -1.23. The summed E-state index contributed by atoms with van der Waals surface area (Å²) in [5.41, 5.74) is 0.158. The first-order valence-electron chi connectivity index (χ1n) is 7.54. The lowest BCUT2D eigenvalue weighted by Gasteiger charge is -2.31. The normalized spacial score (nSPS) is 23.5. The van der Waals surface area contributed by atoms with Crippen molar-refractivity contribution in [2.24, 2.45) is 0 Å². The van der Waals surface area contributed by atoms with E-state index < -0.39 is 18.0 Å². The van der Waals surface area contributed by atoms with Gasteiger partial charge in [0.05, 0.1) is 11.7 Å². The minimum atomic E-state index is -4.34. The van der Waals surface area contributed by atoms with Crippen LogP contribution in [0, 0.1) is 0 Å². The molecule has 1 atom stereocenters. The van der Waals surface area contributed by atoms with Gasteiger partial charge in [-0.05, 0) is 37.0 Å². The molecule has 1 heterocycles. The molecule has 21 heavy (non-hydrogen) atoms. The van der Waals surface area contributed by atoms with Gasteiger partial charge >= 0.3 is 6.18 Å². The Balaban J connectivity index is 1.68. The van der Waals surface area contributed by atoms with E-state index in [0.717, 1.165) is 43.4 Å². The van der Waals surface area contributed by atoms with Crippen molar-refractivity contribution in [3.63, 3.8) is 0 Å². The van der Waals surface area contributed by atoms with Gasteiger partial charge in [0.25, 0.3) is 0 Å². The molecule has 1 aliphatic carbocycles. The van der Waals surface area contributed by atoms with Gasteiger partial charge in [-0.3, -0.25) is 0 Å². The van der Waals surface area contributed by atoms with Gasteiger partial charge in [0.15, 0.2) is 6.29 Å². The number of hydrogen-bond acceptors (Lipinski definition) is 2. The molecule has 0 amide bonds. The summed E-state index contributed by atoms with van der Waals surface area (Å²) in [6.07, 6.45) is 2.45.